The van der Waals surface area contributed by atoms with Crippen molar-refractivity contribution in [2.24, 2.45) is 0 Å². The van der Waals surface area contributed by atoms with Crippen LogP contribution >= 0.6 is 11.8 Å². The predicted molar refractivity (Wildman–Crippen MR) is 69.3 cm³/mol. The molecule has 0 bridgehead atoms. The number of thioether (sulfide) groups is 1. The number of benzene rings is 1. The monoisotopic (exact) mass is 248 g/mol. The summed E-state index contributed by atoms with van der Waals surface area (Å²) in [5.41, 5.74) is 8.20. The lowest BCUT2D eigenvalue weighted by atomic mass is 10.2. The molecule has 0 fully saturated rings. The van der Waals surface area contributed by atoms with Crippen LogP contribution in [0, 0.1) is 12.7 Å². The molecule has 0 radical (unpaired) electrons. The van der Waals surface area contributed by atoms with Gasteiger partial charge in [0, 0.05) is 22.5 Å². The highest BCUT2D eigenvalue weighted by Crippen LogP contribution is 2.25. The molecule has 0 aliphatic heterocycles. The van der Waals surface area contributed by atoms with Gasteiger partial charge in [0.2, 0.25) is 0 Å². The molecule has 1 heterocycles. The smallest absolute Gasteiger partial charge is 0.126 e. The Morgan fingerprint density at radius 1 is 1.35 bits per heavy atom. The van der Waals surface area contributed by atoms with Crippen molar-refractivity contribution in [1.29, 1.82) is 0 Å². The first-order valence-electron chi connectivity index (χ1n) is 5.24. The maximum Gasteiger partial charge on any atom is 0.126 e. The Labute approximate surface area is 104 Å². The van der Waals surface area contributed by atoms with Gasteiger partial charge in [-0.15, -0.1) is 11.8 Å². The summed E-state index contributed by atoms with van der Waals surface area (Å²) in [4.78, 5) is 5.12. The number of rotatable bonds is 3. The summed E-state index contributed by atoms with van der Waals surface area (Å²) in [5.74, 6) is 0.417. The number of hydrogen-bond acceptors (Lipinski definition) is 3. The highest BCUT2D eigenvalue weighted by Gasteiger charge is 2.03. The number of aromatic nitrogens is 1. The minimum Gasteiger partial charge on any atom is -0.399 e. The van der Waals surface area contributed by atoms with Crippen LogP contribution < -0.4 is 5.73 Å². The van der Waals surface area contributed by atoms with Gasteiger partial charge in [-0.2, -0.15) is 0 Å². The second kappa shape index (κ2) is 5.19. The quantitative estimate of drug-likeness (QED) is 0.668. The minimum atomic E-state index is -0.301. The van der Waals surface area contributed by atoms with Crippen molar-refractivity contribution in [1.82, 2.24) is 4.98 Å². The summed E-state index contributed by atoms with van der Waals surface area (Å²) in [6.07, 6.45) is 1.77. The summed E-state index contributed by atoms with van der Waals surface area (Å²) in [6, 6.07) is 8.49. The van der Waals surface area contributed by atoms with E-state index in [1.54, 1.807) is 12.3 Å². The Morgan fingerprint density at radius 2 is 2.18 bits per heavy atom. The predicted octanol–water partition coefficient (Wildman–Crippen LogP) is 3.40. The maximum atomic E-state index is 13.1. The van der Waals surface area contributed by atoms with Crippen molar-refractivity contribution in [2.45, 2.75) is 17.6 Å². The van der Waals surface area contributed by atoms with Crippen LogP contribution in [0.1, 0.15) is 11.3 Å². The lowest BCUT2D eigenvalue weighted by Gasteiger charge is -2.05. The molecule has 2 nitrogen and oxygen atoms in total. The molecule has 0 saturated heterocycles. The van der Waals surface area contributed by atoms with Crippen molar-refractivity contribution in [2.75, 3.05) is 5.73 Å². The Bertz CT molecular complexity index is 508. The van der Waals surface area contributed by atoms with Crippen LogP contribution in [0.5, 0.6) is 0 Å². The average molecular weight is 248 g/mol. The maximum absolute atomic E-state index is 13.1. The molecule has 88 valence electrons. The lowest BCUT2D eigenvalue weighted by Crippen LogP contribution is -1.91. The Hall–Kier alpha value is -1.55. The first-order valence-corrected chi connectivity index (χ1v) is 6.23. The zero-order valence-electron chi connectivity index (χ0n) is 9.48. The second-order valence-electron chi connectivity index (χ2n) is 3.78. The van der Waals surface area contributed by atoms with Gasteiger partial charge < -0.3 is 5.73 Å². The Morgan fingerprint density at radius 3 is 2.88 bits per heavy atom. The topological polar surface area (TPSA) is 38.9 Å². The van der Waals surface area contributed by atoms with Crippen molar-refractivity contribution in [3.63, 3.8) is 0 Å². The number of pyridine rings is 1. The fourth-order valence-corrected chi connectivity index (χ4v) is 2.51. The molecule has 0 amide bonds. The number of nitrogen functional groups attached to an aromatic ring is 1. The zero-order chi connectivity index (χ0) is 12.3. The molecule has 0 unspecified atom stereocenters. The molecule has 17 heavy (non-hydrogen) atoms. The molecular formula is C13H13FN2S. The van der Waals surface area contributed by atoms with Crippen LogP contribution in [0.3, 0.4) is 0 Å². The summed E-state index contributed by atoms with van der Waals surface area (Å²) in [5, 5.41) is 0. The average Bonchev–Trinajstić information content (AvgIpc) is 2.27. The van der Waals surface area contributed by atoms with Crippen molar-refractivity contribution in [3.8, 4) is 0 Å². The van der Waals surface area contributed by atoms with Gasteiger partial charge in [-0.05, 0) is 36.8 Å². The summed E-state index contributed by atoms with van der Waals surface area (Å²) >= 11 is 1.53. The van der Waals surface area contributed by atoms with Gasteiger partial charge in [0.1, 0.15) is 5.82 Å². The van der Waals surface area contributed by atoms with E-state index in [4.69, 9.17) is 5.73 Å². The Kier molecular flexibility index (Phi) is 3.64. The number of nitrogens with zero attached hydrogens (tertiary/aromatic N) is 1. The second-order valence-corrected chi connectivity index (χ2v) is 4.82. The lowest BCUT2D eigenvalue weighted by molar-refractivity contribution is 0.625. The minimum absolute atomic E-state index is 0.301. The molecule has 1 aromatic heterocycles. The highest BCUT2D eigenvalue weighted by molar-refractivity contribution is 7.98. The van der Waals surface area contributed by atoms with Gasteiger partial charge in [0.25, 0.3) is 0 Å². The van der Waals surface area contributed by atoms with E-state index in [1.807, 2.05) is 19.1 Å². The number of hydrogen-bond donors (Lipinski definition) is 1. The van der Waals surface area contributed by atoms with Gasteiger partial charge in [0.05, 0.1) is 5.69 Å². The van der Waals surface area contributed by atoms with E-state index >= 15 is 0 Å². The molecule has 2 aromatic rings. The van der Waals surface area contributed by atoms with Crippen molar-refractivity contribution < 1.29 is 4.39 Å². The normalized spacial score (nSPS) is 10.5. The third-order valence-electron chi connectivity index (χ3n) is 2.39. The molecule has 0 spiro atoms. The first kappa shape index (κ1) is 11.9. The number of halogens is 1. The third kappa shape index (κ3) is 3.20. The van der Waals surface area contributed by atoms with Crippen LogP contribution in [-0.2, 0) is 5.75 Å². The molecule has 2 rings (SSSR count). The van der Waals surface area contributed by atoms with E-state index in [9.17, 15) is 4.39 Å². The van der Waals surface area contributed by atoms with Gasteiger partial charge >= 0.3 is 0 Å². The van der Waals surface area contributed by atoms with Crippen molar-refractivity contribution in [3.05, 3.63) is 53.6 Å². The van der Waals surface area contributed by atoms with Crippen LogP contribution in [0.4, 0.5) is 10.1 Å². The SMILES string of the molecule is Cc1cccnc1CSc1cc(N)cc(F)c1. The Balaban J connectivity index is 2.10. The molecule has 0 aliphatic rings. The summed E-state index contributed by atoms with van der Waals surface area (Å²) in [7, 11) is 0. The fourth-order valence-electron chi connectivity index (χ4n) is 1.49. The standard InChI is InChI=1S/C13H13FN2S/c1-9-3-2-4-16-13(9)8-17-12-6-10(14)5-11(15)7-12/h2-7H,8,15H2,1H3. The van der Waals surface area contributed by atoms with E-state index in [-0.39, 0.29) is 5.82 Å². The van der Waals surface area contributed by atoms with Gasteiger partial charge in [-0.3, -0.25) is 4.98 Å². The molecular weight excluding hydrogens is 235 g/mol. The molecule has 1 aromatic carbocycles. The van der Waals surface area contributed by atoms with E-state index < -0.39 is 0 Å². The third-order valence-corrected chi connectivity index (χ3v) is 3.37. The van der Waals surface area contributed by atoms with Crippen LogP contribution in [-0.4, -0.2) is 4.98 Å². The molecule has 0 saturated carbocycles. The number of aryl methyl sites for hydroxylation is 1. The van der Waals surface area contributed by atoms with Crippen LogP contribution in [0.15, 0.2) is 41.4 Å². The van der Waals surface area contributed by atoms with Crippen molar-refractivity contribution >= 4 is 17.4 Å². The van der Waals surface area contributed by atoms with Gasteiger partial charge in [-0.1, -0.05) is 6.07 Å². The van der Waals surface area contributed by atoms with E-state index in [0.29, 0.717) is 5.69 Å². The molecule has 4 heteroatoms. The summed E-state index contributed by atoms with van der Waals surface area (Å²) in [6.45, 7) is 2.02. The molecule has 2 N–H and O–H groups in total. The van der Waals surface area contributed by atoms with Crippen LogP contribution in [0.25, 0.3) is 0 Å². The summed E-state index contributed by atoms with van der Waals surface area (Å²) < 4.78 is 13.1. The number of anilines is 1. The first-order chi connectivity index (χ1) is 8.15. The van der Waals surface area contributed by atoms with Gasteiger partial charge in [-0.25, -0.2) is 4.39 Å². The largest absolute Gasteiger partial charge is 0.399 e. The van der Waals surface area contributed by atoms with Crippen LogP contribution in [0.2, 0.25) is 0 Å². The van der Waals surface area contributed by atoms with Gasteiger partial charge in [0.15, 0.2) is 0 Å². The zero-order valence-corrected chi connectivity index (χ0v) is 10.3. The fraction of sp³-hybridized carbons (Fsp3) is 0.154. The van der Waals surface area contributed by atoms with E-state index in [1.165, 1.54) is 23.9 Å². The highest BCUT2D eigenvalue weighted by atomic mass is 32.2. The van der Waals surface area contributed by atoms with E-state index in [2.05, 4.69) is 4.98 Å². The molecule has 0 aliphatic carbocycles. The van der Waals surface area contributed by atoms with E-state index in [0.717, 1.165) is 21.9 Å². The number of nitrogens with two attached hydrogens (primary N) is 1. The molecule has 0 atom stereocenters.